The molecule has 1 aromatic heterocycles. The Kier molecular flexibility index (Phi) is 2.59. The number of carbonyl (C=O) groups is 1. The van der Waals surface area contributed by atoms with Crippen LogP contribution in [0, 0.1) is 11.3 Å². The number of benzene rings is 1. The van der Waals surface area contributed by atoms with E-state index in [1.807, 2.05) is 6.07 Å². The highest BCUT2D eigenvalue weighted by molar-refractivity contribution is 6.38. The molecule has 0 N–H and O–H groups in total. The van der Waals surface area contributed by atoms with Crippen molar-refractivity contribution in [1.29, 1.82) is 5.26 Å². The number of fused-ring (bicyclic) bond motifs is 1. The number of nitrogens with zero attached hydrogens (tertiary/aromatic N) is 2. The van der Waals surface area contributed by atoms with E-state index in [2.05, 4.69) is 4.98 Å². The second-order valence-corrected chi connectivity index (χ2v) is 3.76. The summed E-state index contributed by atoms with van der Waals surface area (Å²) in [6, 6.07) is 7.04. The van der Waals surface area contributed by atoms with Gasteiger partial charge >= 0.3 is 0 Å². The van der Waals surface area contributed by atoms with Crippen molar-refractivity contribution in [3.8, 4) is 6.07 Å². The number of pyridine rings is 1. The van der Waals surface area contributed by atoms with Crippen molar-refractivity contribution in [2.24, 2.45) is 0 Å². The number of halogens is 1. The summed E-state index contributed by atoms with van der Waals surface area (Å²) >= 11 is 6.10. The summed E-state index contributed by atoms with van der Waals surface area (Å²) in [5.74, 6) is -0.137. The molecule has 0 aliphatic rings. The van der Waals surface area contributed by atoms with Crippen LogP contribution >= 0.6 is 11.6 Å². The monoisotopic (exact) mass is 230 g/mol. The van der Waals surface area contributed by atoms with Crippen molar-refractivity contribution in [1.82, 2.24) is 4.98 Å². The maximum Gasteiger partial charge on any atom is 0.162 e. The summed E-state index contributed by atoms with van der Waals surface area (Å²) in [5, 5.41) is 9.77. The number of nitriles is 1. The highest BCUT2D eigenvalue weighted by Gasteiger charge is 2.10. The highest BCUT2D eigenvalue weighted by Crippen LogP contribution is 2.26. The van der Waals surface area contributed by atoms with Crippen LogP contribution in [0.5, 0.6) is 0 Å². The molecule has 4 heteroatoms. The SMILES string of the molecule is CC(=O)c1cnc2ccc(C#N)cc2c1Cl. The Bertz CT molecular complexity index is 629. The van der Waals surface area contributed by atoms with Crippen LogP contribution in [0.25, 0.3) is 10.9 Å². The molecule has 0 saturated heterocycles. The van der Waals surface area contributed by atoms with Gasteiger partial charge in [0.2, 0.25) is 0 Å². The van der Waals surface area contributed by atoms with E-state index in [9.17, 15) is 4.79 Å². The number of Topliss-reactive ketones (excluding diaryl/α,β-unsaturated/α-hetero) is 1. The average molecular weight is 231 g/mol. The van der Waals surface area contributed by atoms with Gasteiger partial charge in [0.05, 0.1) is 27.7 Å². The Morgan fingerprint density at radius 1 is 1.50 bits per heavy atom. The van der Waals surface area contributed by atoms with E-state index >= 15 is 0 Å². The first-order valence-electron chi connectivity index (χ1n) is 4.63. The van der Waals surface area contributed by atoms with E-state index in [1.165, 1.54) is 13.1 Å². The van der Waals surface area contributed by atoms with Gasteiger partial charge in [-0.25, -0.2) is 0 Å². The molecule has 3 nitrogen and oxygen atoms in total. The number of hydrogen-bond donors (Lipinski definition) is 0. The molecule has 0 bridgehead atoms. The standard InChI is InChI=1S/C12H7ClN2O/c1-7(16)10-6-15-11-3-2-8(5-14)4-9(11)12(10)13/h2-4,6H,1H3. The van der Waals surface area contributed by atoms with Crippen molar-refractivity contribution in [3.63, 3.8) is 0 Å². The molecule has 0 aliphatic carbocycles. The quantitative estimate of drug-likeness (QED) is 0.708. The normalized spacial score (nSPS) is 10.1. The number of aromatic nitrogens is 1. The molecule has 0 saturated carbocycles. The minimum atomic E-state index is -0.137. The molecule has 1 heterocycles. The third kappa shape index (κ3) is 1.64. The maximum atomic E-state index is 11.3. The van der Waals surface area contributed by atoms with E-state index in [0.717, 1.165) is 0 Å². The number of ketones is 1. The number of hydrogen-bond acceptors (Lipinski definition) is 3. The first-order chi connectivity index (χ1) is 7.63. The van der Waals surface area contributed by atoms with Gasteiger partial charge in [-0.1, -0.05) is 11.6 Å². The van der Waals surface area contributed by atoms with Gasteiger partial charge < -0.3 is 0 Å². The highest BCUT2D eigenvalue weighted by atomic mass is 35.5. The summed E-state index contributed by atoms with van der Waals surface area (Å²) in [4.78, 5) is 15.4. The third-order valence-corrected chi connectivity index (χ3v) is 2.72. The summed E-state index contributed by atoms with van der Waals surface area (Å²) in [6.07, 6.45) is 1.46. The van der Waals surface area contributed by atoms with Gasteiger partial charge in [-0.15, -0.1) is 0 Å². The summed E-state index contributed by atoms with van der Waals surface area (Å²) in [5.41, 5.74) is 1.55. The van der Waals surface area contributed by atoms with Crippen molar-refractivity contribution in [3.05, 3.63) is 40.5 Å². The molecular weight excluding hydrogens is 224 g/mol. The van der Waals surface area contributed by atoms with Crippen LogP contribution in [-0.2, 0) is 0 Å². The van der Waals surface area contributed by atoms with Crippen LogP contribution in [0.3, 0.4) is 0 Å². The predicted octanol–water partition coefficient (Wildman–Crippen LogP) is 2.96. The average Bonchev–Trinajstić information content (AvgIpc) is 2.28. The van der Waals surface area contributed by atoms with Crippen LogP contribution in [0.4, 0.5) is 0 Å². The van der Waals surface area contributed by atoms with Gasteiger partial charge in [-0.2, -0.15) is 5.26 Å². The van der Waals surface area contributed by atoms with Crippen LogP contribution in [0.15, 0.2) is 24.4 Å². The zero-order valence-corrected chi connectivity index (χ0v) is 9.25. The second-order valence-electron chi connectivity index (χ2n) is 3.39. The summed E-state index contributed by atoms with van der Waals surface area (Å²) in [7, 11) is 0. The van der Waals surface area contributed by atoms with Crippen LogP contribution in [-0.4, -0.2) is 10.8 Å². The lowest BCUT2D eigenvalue weighted by Gasteiger charge is -2.04. The molecule has 0 radical (unpaired) electrons. The van der Waals surface area contributed by atoms with Gasteiger partial charge in [0.15, 0.2) is 5.78 Å². The molecule has 0 aliphatic heterocycles. The Hall–Kier alpha value is -1.92. The number of carbonyl (C=O) groups excluding carboxylic acids is 1. The third-order valence-electron chi connectivity index (χ3n) is 2.31. The summed E-state index contributed by atoms with van der Waals surface area (Å²) < 4.78 is 0. The Labute approximate surface area is 97.3 Å². The molecule has 0 unspecified atom stereocenters. The summed E-state index contributed by atoms with van der Waals surface area (Å²) in [6.45, 7) is 1.43. The topological polar surface area (TPSA) is 53.8 Å². The van der Waals surface area contributed by atoms with Gasteiger partial charge in [0.1, 0.15) is 0 Å². The molecule has 0 spiro atoms. The lowest BCUT2D eigenvalue weighted by molar-refractivity contribution is 0.101. The molecule has 2 rings (SSSR count). The number of rotatable bonds is 1. The zero-order chi connectivity index (χ0) is 11.7. The van der Waals surface area contributed by atoms with Crippen molar-refractivity contribution in [2.75, 3.05) is 0 Å². The molecule has 0 atom stereocenters. The van der Waals surface area contributed by atoms with E-state index in [0.29, 0.717) is 27.1 Å². The van der Waals surface area contributed by atoms with Crippen LogP contribution in [0.1, 0.15) is 22.8 Å². The fourth-order valence-electron chi connectivity index (χ4n) is 1.48. The molecule has 0 amide bonds. The first-order valence-corrected chi connectivity index (χ1v) is 5.00. The van der Waals surface area contributed by atoms with E-state index in [1.54, 1.807) is 18.2 Å². The molecular formula is C12H7ClN2O. The fourth-order valence-corrected chi connectivity index (χ4v) is 1.81. The first kappa shape index (κ1) is 10.6. The van der Waals surface area contributed by atoms with Crippen LogP contribution < -0.4 is 0 Å². The molecule has 0 fully saturated rings. The minimum Gasteiger partial charge on any atom is -0.294 e. The Morgan fingerprint density at radius 2 is 2.25 bits per heavy atom. The van der Waals surface area contributed by atoms with Crippen molar-refractivity contribution in [2.45, 2.75) is 6.92 Å². The van der Waals surface area contributed by atoms with E-state index < -0.39 is 0 Å². The molecule has 2 aromatic rings. The lowest BCUT2D eigenvalue weighted by atomic mass is 10.1. The minimum absolute atomic E-state index is 0.137. The van der Waals surface area contributed by atoms with Crippen LogP contribution in [0.2, 0.25) is 5.02 Å². The largest absolute Gasteiger partial charge is 0.294 e. The second kappa shape index (κ2) is 3.92. The molecule has 78 valence electrons. The molecule has 1 aromatic carbocycles. The van der Waals surface area contributed by atoms with Gasteiger partial charge in [0, 0.05) is 11.6 Å². The zero-order valence-electron chi connectivity index (χ0n) is 8.49. The fraction of sp³-hybridized carbons (Fsp3) is 0.0833. The predicted molar refractivity (Wildman–Crippen MR) is 61.5 cm³/mol. The van der Waals surface area contributed by atoms with Gasteiger partial charge in [-0.05, 0) is 25.1 Å². The lowest BCUT2D eigenvalue weighted by Crippen LogP contribution is -1.96. The van der Waals surface area contributed by atoms with Crippen molar-refractivity contribution >= 4 is 28.3 Å². The Morgan fingerprint density at radius 3 is 2.88 bits per heavy atom. The van der Waals surface area contributed by atoms with Gasteiger partial charge in [-0.3, -0.25) is 9.78 Å². The smallest absolute Gasteiger partial charge is 0.162 e. The van der Waals surface area contributed by atoms with Crippen molar-refractivity contribution < 1.29 is 4.79 Å². The molecule has 16 heavy (non-hydrogen) atoms. The van der Waals surface area contributed by atoms with Gasteiger partial charge in [0.25, 0.3) is 0 Å². The Balaban J connectivity index is 2.82. The maximum absolute atomic E-state index is 11.3. The van der Waals surface area contributed by atoms with E-state index in [-0.39, 0.29) is 5.78 Å². The van der Waals surface area contributed by atoms with E-state index in [4.69, 9.17) is 16.9 Å².